The van der Waals surface area contributed by atoms with Crippen LogP contribution in [0.1, 0.15) is 5.56 Å². The first kappa shape index (κ1) is 19.2. The summed E-state index contributed by atoms with van der Waals surface area (Å²) < 4.78 is 0. The van der Waals surface area contributed by atoms with Crippen LogP contribution < -0.4 is 16.0 Å². The number of hydrogen-bond acceptors (Lipinski definition) is 9. The van der Waals surface area contributed by atoms with E-state index in [0.29, 0.717) is 11.5 Å². The molecular formula is C18H21N7O3. The van der Waals surface area contributed by atoms with Gasteiger partial charge in [-0.2, -0.15) is 4.98 Å². The molecule has 2 aromatic rings. The van der Waals surface area contributed by atoms with E-state index in [4.69, 9.17) is 5.73 Å². The fraction of sp³-hybridized carbons (Fsp3) is 0.278. The van der Waals surface area contributed by atoms with E-state index < -0.39 is 10.8 Å². The molecule has 0 bridgehead atoms. The summed E-state index contributed by atoms with van der Waals surface area (Å²) in [7, 11) is 2.12. The second-order valence-electron chi connectivity index (χ2n) is 6.43. The highest BCUT2D eigenvalue weighted by molar-refractivity contribution is 5.86. The number of amides is 1. The van der Waals surface area contributed by atoms with Gasteiger partial charge in [0.1, 0.15) is 10.7 Å². The van der Waals surface area contributed by atoms with Gasteiger partial charge >= 0.3 is 5.91 Å². The van der Waals surface area contributed by atoms with E-state index in [1.165, 1.54) is 12.3 Å². The van der Waals surface area contributed by atoms with Gasteiger partial charge in [-0.05, 0) is 37.4 Å². The maximum absolute atomic E-state index is 11.0. The number of aromatic nitrogens is 2. The number of rotatable bonds is 5. The van der Waals surface area contributed by atoms with Crippen molar-refractivity contribution in [1.29, 1.82) is 0 Å². The van der Waals surface area contributed by atoms with Crippen molar-refractivity contribution >= 4 is 35.1 Å². The standard InChI is InChI=1S/C18H21N7O3/c1-23-8-10-24(11-9-23)15-5-3-14(4-6-15)21-18-20-12-13(17(19)22-18)2-7-16(26)25(27)28/h2-7,12H,8-11H2,1H3,(H3,19,20,21,22). The van der Waals surface area contributed by atoms with Gasteiger partial charge in [-0.15, -0.1) is 0 Å². The van der Waals surface area contributed by atoms with Crippen molar-refractivity contribution in [1.82, 2.24) is 14.9 Å². The van der Waals surface area contributed by atoms with Crippen LogP contribution in [0.5, 0.6) is 0 Å². The molecule has 1 aromatic heterocycles. The van der Waals surface area contributed by atoms with Gasteiger partial charge in [0.2, 0.25) is 5.95 Å². The van der Waals surface area contributed by atoms with Crippen molar-refractivity contribution in [3.8, 4) is 0 Å². The quantitative estimate of drug-likeness (QED) is 0.446. The Morgan fingerprint density at radius 2 is 1.93 bits per heavy atom. The Balaban J connectivity index is 1.64. The molecule has 146 valence electrons. The minimum atomic E-state index is -1.23. The third-order valence-corrected chi connectivity index (χ3v) is 4.43. The Morgan fingerprint density at radius 3 is 2.54 bits per heavy atom. The molecule has 2 heterocycles. The van der Waals surface area contributed by atoms with Gasteiger partial charge in [0.15, 0.2) is 0 Å². The summed E-state index contributed by atoms with van der Waals surface area (Å²) in [6, 6.07) is 7.96. The maximum Gasteiger partial charge on any atom is 0.469 e. The number of likely N-dealkylation sites (N-methyl/N-ethyl adjacent to an activating group) is 1. The number of nitrogens with one attached hydrogen (secondary N) is 1. The summed E-state index contributed by atoms with van der Waals surface area (Å²) in [5.74, 6) is -0.830. The predicted octanol–water partition coefficient (Wildman–Crippen LogP) is 1.37. The van der Waals surface area contributed by atoms with Crippen LogP contribution in [0.15, 0.2) is 36.5 Å². The molecule has 0 saturated carbocycles. The molecule has 0 atom stereocenters. The molecule has 28 heavy (non-hydrogen) atoms. The summed E-state index contributed by atoms with van der Waals surface area (Å²) in [5.41, 5.74) is 8.13. The van der Waals surface area contributed by atoms with Crippen LogP contribution in [0.4, 0.5) is 23.1 Å². The zero-order valence-electron chi connectivity index (χ0n) is 15.4. The van der Waals surface area contributed by atoms with Crippen LogP contribution >= 0.6 is 0 Å². The van der Waals surface area contributed by atoms with Crippen molar-refractivity contribution < 1.29 is 9.72 Å². The predicted molar refractivity (Wildman–Crippen MR) is 107 cm³/mol. The maximum atomic E-state index is 11.0. The summed E-state index contributed by atoms with van der Waals surface area (Å²) in [6.45, 7) is 4.08. The number of carbonyl (C=O) groups excluding carboxylic acids is 1. The van der Waals surface area contributed by atoms with E-state index in [0.717, 1.165) is 43.6 Å². The van der Waals surface area contributed by atoms with Crippen LogP contribution in [-0.2, 0) is 4.79 Å². The molecule has 3 N–H and O–H groups in total. The summed E-state index contributed by atoms with van der Waals surface area (Å²) >= 11 is 0. The summed E-state index contributed by atoms with van der Waals surface area (Å²) in [5, 5.41) is 13.4. The topological polar surface area (TPSA) is 131 Å². The van der Waals surface area contributed by atoms with Gasteiger partial charge in [0, 0.05) is 49.3 Å². The van der Waals surface area contributed by atoms with E-state index in [-0.39, 0.29) is 5.82 Å². The van der Waals surface area contributed by atoms with Crippen molar-refractivity contribution in [2.45, 2.75) is 0 Å². The first-order valence-electron chi connectivity index (χ1n) is 8.72. The van der Waals surface area contributed by atoms with Crippen molar-refractivity contribution in [3.63, 3.8) is 0 Å². The molecular weight excluding hydrogens is 362 g/mol. The van der Waals surface area contributed by atoms with E-state index in [9.17, 15) is 14.9 Å². The Morgan fingerprint density at radius 1 is 1.25 bits per heavy atom. The number of nitrogen functional groups attached to an aromatic ring is 1. The third kappa shape index (κ3) is 4.80. The molecule has 0 unspecified atom stereocenters. The van der Waals surface area contributed by atoms with Gasteiger partial charge in [-0.3, -0.25) is 10.1 Å². The Kier molecular flexibility index (Phi) is 5.80. The number of nitrogens with two attached hydrogens (primary N) is 1. The number of benzene rings is 1. The molecule has 1 fully saturated rings. The molecule has 1 aliphatic heterocycles. The lowest BCUT2D eigenvalue weighted by Crippen LogP contribution is -2.44. The van der Waals surface area contributed by atoms with E-state index >= 15 is 0 Å². The van der Waals surface area contributed by atoms with Crippen molar-refractivity contribution in [2.75, 3.05) is 49.2 Å². The first-order chi connectivity index (χ1) is 13.4. The highest BCUT2D eigenvalue weighted by atomic mass is 16.6. The van der Waals surface area contributed by atoms with Crippen LogP contribution in [0.3, 0.4) is 0 Å². The molecule has 1 aliphatic rings. The van der Waals surface area contributed by atoms with Gasteiger partial charge in [0.05, 0.1) is 6.08 Å². The zero-order chi connectivity index (χ0) is 20.1. The molecule has 0 radical (unpaired) electrons. The minimum Gasteiger partial charge on any atom is -0.383 e. The first-order valence-corrected chi connectivity index (χ1v) is 8.72. The fourth-order valence-corrected chi connectivity index (χ4v) is 2.76. The smallest absolute Gasteiger partial charge is 0.383 e. The van der Waals surface area contributed by atoms with E-state index in [2.05, 4.69) is 32.1 Å². The summed E-state index contributed by atoms with van der Waals surface area (Å²) in [6.07, 6.45) is 3.43. The van der Waals surface area contributed by atoms with E-state index in [1.54, 1.807) is 0 Å². The lowest BCUT2D eigenvalue weighted by molar-refractivity contribution is -0.395. The second-order valence-corrected chi connectivity index (χ2v) is 6.43. The molecule has 0 spiro atoms. The molecule has 1 amide bonds. The Labute approximate surface area is 161 Å². The van der Waals surface area contributed by atoms with Crippen molar-refractivity contribution in [2.24, 2.45) is 0 Å². The monoisotopic (exact) mass is 383 g/mol. The minimum absolute atomic E-state index is 0.110. The van der Waals surface area contributed by atoms with Gasteiger partial charge in [0.25, 0.3) is 0 Å². The molecule has 10 heteroatoms. The van der Waals surface area contributed by atoms with Gasteiger partial charge in [-0.25, -0.2) is 9.78 Å². The molecule has 0 aliphatic carbocycles. The number of carbonyl (C=O) groups is 1. The number of nitro groups is 1. The number of nitrogens with zero attached hydrogens (tertiary/aromatic N) is 5. The zero-order valence-corrected chi connectivity index (χ0v) is 15.4. The molecule has 3 rings (SSSR count). The molecule has 10 nitrogen and oxygen atoms in total. The lowest BCUT2D eigenvalue weighted by atomic mass is 10.2. The van der Waals surface area contributed by atoms with Crippen molar-refractivity contribution in [3.05, 3.63) is 52.2 Å². The van der Waals surface area contributed by atoms with E-state index in [1.807, 2.05) is 24.3 Å². The van der Waals surface area contributed by atoms with Gasteiger partial charge in [-0.1, -0.05) is 0 Å². The SMILES string of the molecule is CN1CCN(c2ccc(Nc3ncc(C=CC(=O)[N+](=O)[O-])c(N)n3)cc2)CC1. The Hall–Kier alpha value is -3.53. The lowest BCUT2D eigenvalue weighted by Gasteiger charge is -2.34. The van der Waals surface area contributed by atoms with Crippen LogP contribution in [0, 0.1) is 10.1 Å². The largest absolute Gasteiger partial charge is 0.469 e. The third-order valence-electron chi connectivity index (χ3n) is 4.43. The van der Waals surface area contributed by atoms with Gasteiger partial charge < -0.3 is 20.9 Å². The van der Waals surface area contributed by atoms with Crippen LogP contribution in [0.25, 0.3) is 6.08 Å². The summed E-state index contributed by atoms with van der Waals surface area (Å²) in [4.78, 5) is 33.2. The molecule has 1 saturated heterocycles. The number of anilines is 4. The Bertz CT molecular complexity index is 891. The average molecular weight is 383 g/mol. The highest BCUT2D eigenvalue weighted by Gasteiger charge is 2.14. The molecule has 1 aromatic carbocycles. The second kappa shape index (κ2) is 8.44. The normalized spacial score (nSPS) is 15.0. The average Bonchev–Trinajstić information content (AvgIpc) is 2.68. The number of piperazine rings is 1. The fourth-order valence-electron chi connectivity index (χ4n) is 2.76. The number of hydrogen-bond donors (Lipinski definition) is 2. The highest BCUT2D eigenvalue weighted by Crippen LogP contribution is 2.21. The van der Waals surface area contributed by atoms with Crippen LogP contribution in [0.2, 0.25) is 0 Å². The van der Waals surface area contributed by atoms with Crippen LogP contribution in [-0.4, -0.2) is 58.9 Å².